The van der Waals surface area contributed by atoms with Crippen LogP contribution in [0.5, 0.6) is 0 Å². The molecule has 0 aliphatic rings. The topological polar surface area (TPSA) is 3.24 Å². The van der Waals surface area contributed by atoms with Gasteiger partial charge in [-0.15, -0.1) is 0 Å². The van der Waals surface area contributed by atoms with Gasteiger partial charge in [0.1, 0.15) is 0 Å². The van der Waals surface area contributed by atoms with Crippen LogP contribution in [0.4, 0.5) is 12.6 Å². The zero-order chi connectivity index (χ0) is 11.3. The predicted octanol–water partition coefficient (Wildman–Crippen LogP) is 4.64. The molecule has 5 heteroatoms. The Kier molecular flexibility index (Phi) is 5.38. The van der Waals surface area contributed by atoms with E-state index < -0.39 is 7.69 Å². The SMILES string of the molecule is CCCCN(CCCC)P(C)(F)(F)F. The molecule has 14 heavy (non-hydrogen) atoms. The second-order valence-electron chi connectivity index (χ2n) is 3.79. The van der Waals surface area contributed by atoms with Crippen molar-refractivity contribution < 1.29 is 12.6 Å². The Bertz CT molecular complexity index is 150. The minimum atomic E-state index is -5.99. The van der Waals surface area contributed by atoms with Crippen LogP contribution in [0.25, 0.3) is 0 Å². The Morgan fingerprint density at radius 3 is 1.50 bits per heavy atom. The van der Waals surface area contributed by atoms with Gasteiger partial charge in [0.05, 0.1) is 0 Å². The maximum absolute atomic E-state index is 13.1. The van der Waals surface area contributed by atoms with E-state index in [4.69, 9.17) is 0 Å². The van der Waals surface area contributed by atoms with Crippen LogP contribution in [0.1, 0.15) is 39.5 Å². The molecule has 0 saturated heterocycles. The molecule has 0 aliphatic heterocycles. The average Bonchev–Trinajstić information content (AvgIpc) is 2.01. The first-order valence-corrected chi connectivity index (χ1v) is 7.51. The normalized spacial score (nSPS) is 15.5. The summed E-state index contributed by atoms with van der Waals surface area (Å²) in [6.07, 6.45) is 2.89. The number of unbranched alkanes of at least 4 members (excludes halogenated alkanes) is 2. The summed E-state index contributed by atoms with van der Waals surface area (Å²) in [7, 11) is -5.99. The van der Waals surface area contributed by atoms with E-state index in [2.05, 4.69) is 0 Å². The van der Waals surface area contributed by atoms with Gasteiger partial charge in [0.2, 0.25) is 0 Å². The average molecular weight is 231 g/mol. The Hall–Kier alpha value is 0.180. The third kappa shape index (κ3) is 5.82. The Balaban J connectivity index is 4.24. The molecule has 0 N–H and O–H groups in total. The van der Waals surface area contributed by atoms with Gasteiger partial charge in [-0.25, -0.2) is 0 Å². The Morgan fingerprint density at radius 1 is 0.929 bits per heavy atom. The van der Waals surface area contributed by atoms with Crippen LogP contribution >= 0.6 is 7.69 Å². The Morgan fingerprint density at radius 2 is 1.29 bits per heavy atom. The van der Waals surface area contributed by atoms with Crippen LogP contribution in [0, 0.1) is 0 Å². The Labute approximate surface area is 85.0 Å². The summed E-state index contributed by atoms with van der Waals surface area (Å²) < 4.78 is 40.1. The summed E-state index contributed by atoms with van der Waals surface area (Å²) in [5, 5.41) is 0. The molecular formula is C9H21F3NP. The van der Waals surface area contributed by atoms with Crippen molar-refractivity contribution in [2.24, 2.45) is 0 Å². The first kappa shape index (κ1) is 14.2. The molecule has 0 unspecified atom stereocenters. The van der Waals surface area contributed by atoms with Gasteiger partial charge >= 0.3 is 84.2 Å². The zero-order valence-electron chi connectivity index (χ0n) is 9.27. The summed E-state index contributed by atoms with van der Waals surface area (Å²) >= 11 is 0. The third-order valence-electron chi connectivity index (χ3n) is 2.14. The van der Waals surface area contributed by atoms with Crippen LogP contribution in [-0.4, -0.2) is 24.4 Å². The fourth-order valence-corrected chi connectivity index (χ4v) is 2.36. The van der Waals surface area contributed by atoms with Crippen molar-refractivity contribution in [3.8, 4) is 0 Å². The molecule has 1 nitrogen and oxygen atoms in total. The molecule has 0 spiro atoms. The van der Waals surface area contributed by atoms with E-state index in [0.29, 0.717) is 19.5 Å². The van der Waals surface area contributed by atoms with E-state index in [-0.39, 0.29) is 13.1 Å². The summed E-state index contributed by atoms with van der Waals surface area (Å²) in [4.78, 5) is 0. The molecule has 0 amide bonds. The van der Waals surface area contributed by atoms with Crippen molar-refractivity contribution in [3.63, 3.8) is 0 Å². The quantitative estimate of drug-likeness (QED) is 0.577. The van der Waals surface area contributed by atoms with Crippen LogP contribution in [0.15, 0.2) is 0 Å². The molecule has 0 aromatic carbocycles. The molecule has 0 fully saturated rings. The third-order valence-corrected chi connectivity index (χ3v) is 3.75. The molecule has 0 rings (SSSR count). The van der Waals surface area contributed by atoms with E-state index in [0.717, 1.165) is 17.5 Å². The fourth-order valence-electron chi connectivity index (χ4n) is 1.22. The number of halogens is 3. The molecule has 0 saturated carbocycles. The molecule has 88 valence electrons. The maximum atomic E-state index is 13.1. The van der Waals surface area contributed by atoms with Crippen molar-refractivity contribution in [2.45, 2.75) is 39.5 Å². The number of hydrogen-bond acceptors (Lipinski definition) is 1. The van der Waals surface area contributed by atoms with Gasteiger partial charge in [0, 0.05) is 0 Å². The summed E-state index contributed by atoms with van der Waals surface area (Å²) in [5.41, 5.74) is 0. The molecule has 0 bridgehead atoms. The van der Waals surface area contributed by atoms with E-state index in [1.54, 1.807) is 0 Å². The van der Waals surface area contributed by atoms with Gasteiger partial charge in [-0.2, -0.15) is 0 Å². The van der Waals surface area contributed by atoms with E-state index in [1.165, 1.54) is 0 Å². The van der Waals surface area contributed by atoms with Crippen LogP contribution < -0.4 is 0 Å². The van der Waals surface area contributed by atoms with E-state index >= 15 is 0 Å². The summed E-state index contributed by atoms with van der Waals surface area (Å²) in [6.45, 7) is 4.65. The molecule has 0 heterocycles. The molecule has 0 atom stereocenters. The first-order chi connectivity index (χ1) is 6.28. The van der Waals surface area contributed by atoms with E-state index in [9.17, 15) is 12.6 Å². The summed E-state index contributed by atoms with van der Waals surface area (Å²) in [6, 6.07) is 0. The molecule has 0 aromatic heterocycles. The van der Waals surface area contributed by atoms with Crippen molar-refractivity contribution >= 4 is 7.69 Å². The first-order valence-electron chi connectivity index (χ1n) is 5.20. The fraction of sp³-hybridized carbons (Fsp3) is 1.00. The number of rotatable bonds is 7. The summed E-state index contributed by atoms with van der Waals surface area (Å²) in [5.74, 6) is 0. The van der Waals surface area contributed by atoms with Gasteiger partial charge in [0.25, 0.3) is 0 Å². The number of hydrogen-bond donors (Lipinski definition) is 0. The van der Waals surface area contributed by atoms with Gasteiger partial charge in [-0.05, 0) is 0 Å². The van der Waals surface area contributed by atoms with Crippen LogP contribution in [0.3, 0.4) is 0 Å². The van der Waals surface area contributed by atoms with Crippen LogP contribution in [-0.2, 0) is 0 Å². The monoisotopic (exact) mass is 231 g/mol. The van der Waals surface area contributed by atoms with Crippen molar-refractivity contribution in [3.05, 3.63) is 0 Å². The van der Waals surface area contributed by atoms with E-state index in [1.807, 2.05) is 13.8 Å². The van der Waals surface area contributed by atoms with Gasteiger partial charge in [-0.1, -0.05) is 0 Å². The molecular weight excluding hydrogens is 210 g/mol. The van der Waals surface area contributed by atoms with Crippen molar-refractivity contribution in [1.29, 1.82) is 0 Å². The minimum absolute atomic E-state index is 0.175. The predicted molar refractivity (Wildman–Crippen MR) is 57.6 cm³/mol. The second-order valence-corrected chi connectivity index (χ2v) is 6.60. The molecule has 0 aliphatic carbocycles. The van der Waals surface area contributed by atoms with Crippen molar-refractivity contribution in [2.75, 3.05) is 19.8 Å². The van der Waals surface area contributed by atoms with Crippen molar-refractivity contribution in [1.82, 2.24) is 4.67 Å². The zero-order valence-corrected chi connectivity index (χ0v) is 10.2. The van der Waals surface area contributed by atoms with Gasteiger partial charge in [0.15, 0.2) is 0 Å². The van der Waals surface area contributed by atoms with Gasteiger partial charge < -0.3 is 0 Å². The number of nitrogens with zero attached hydrogens (tertiary/aromatic N) is 1. The van der Waals surface area contributed by atoms with Gasteiger partial charge in [-0.3, -0.25) is 0 Å². The molecule has 0 radical (unpaired) electrons. The second kappa shape index (κ2) is 5.32. The van der Waals surface area contributed by atoms with Crippen LogP contribution in [0.2, 0.25) is 0 Å². The standard InChI is InChI=1S/C9H21F3NP/c1-4-6-8-13(9-7-5-2)14(3,10,11)12/h4-9H2,1-3H3. The molecule has 0 aromatic rings.